The van der Waals surface area contributed by atoms with Crippen molar-refractivity contribution < 1.29 is 104 Å². The van der Waals surface area contributed by atoms with Crippen LogP contribution in [0, 0.1) is 50.2 Å². The van der Waals surface area contributed by atoms with E-state index >= 15 is 0 Å². The average Bonchev–Trinajstić information content (AvgIpc) is 3.45. The van der Waals surface area contributed by atoms with Crippen LogP contribution in [-0.4, -0.2) is 204 Å². The number of aliphatic hydroxyl groups is 11. The van der Waals surface area contributed by atoms with Crippen LogP contribution in [0.4, 0.5) is 0 Å². The summed E-state index contributed by atoms with van der Waals surface area (Å²) in [5, 5.41) is 122. The summed E-state index contributed by atoms with van der Waals surface area (Å²) in [4.78, 5) is 26.4. The zero-order valence-electron chi connectivity index (χ0n) is 45.9. The van der Waals surface area contributed by atoms with E-state index in [1.165, 1.54) is 13.8 Å². The summed E-state index contributed by atoms with van der Waals surface area (Å²) in [5.74, 6) is -1.53. The molecule has 21 heteroatoms. The van der Waals surface area contributed by atoms with Crippen molar-refractivity contribution >= 4 is 11.9 Å². The first-order chi connectivity index (χ1) is 35.4. The molecule has 0 radical (unpaired) electrons. The van der Waals surface area contributed by atoms with Crippen molar-refractivity contribution in [3.63, 3.8) is 0 Å². The SMILES string of the molecule is C/C=C(/C)C(=O)O[C@H]1[C@H](OC(C)=O)[C@]2(CO)[C@H](O)C[C@]3(C)C(=CC[C@@H]4[C@@]5(C)CC[C@H](O[C@@H]6O[C@H](CO)[C@@H](O)[C@H](O[C@@H]7O[C@@H](C)[C@H](O)[C@@H](O)[C@H]7O)[C@H]6O[C@@H]6O[C@H](CO)[C@H](O)[C@H](O)[C@H]6O)C(C)(C)[C@@H]5CC[C@]43C)[C@@H]2CC1(C)C. The zero-order valence-corrected chi connectivity index (χ0v) is 45.9. The summed E-state index contributed by atoms with van der Waals surface area (Å²) < 4.78 is 49.7. The molecule has 3 saturated heterocycles. The van der Waals surface area contributed by atoms with Gasteiger partial charge in [-0.15, -0.1) is 0 Å². The molecular weight excluding hydrogens is 997 g/mol. The number of hydrogen-bond acceptors (Lipinski definition) is 21. The average molecular weight is 1090 g/mol. The summed E-state index contributed by atoms with van der Waals surface area (Å²) in [6.45, 7) is 19.1. The van der Waals surface area contributed by atoms with Gasteiger partial charge in [0, 0.05) is 17.9 Å². The summed E-state index contributed by atoms with van der Waals surface area (Å²) >= 11 is 0. The van der Waals surface area contributed by atoms with E-state index in [1.807, 2.05) is 13.8 Å². The van der Waals surface area contributed by atoms with Crippen molar-refractivity contribution in [1.29, 1.82) is 0 Å². The van der Waals surface area contributed by atoms with Gasteiger partial charge in [-0.25, -0.2) is 4.79 Å². The standard InChI is InChI=1S/C55H88O21/c1-12-24(2)46(68)76-44-45(70-26(4)59)55(23-58)28(19-50(44,5)6)27-13-14-32-52(9)17-16-34(51(7,8)31(52)15-18-53(32,10)54(27,11)20-33(55)60)73-49-43(75-48-41(67)39(65)36(62)29(21-56)71-48)42(37(63)30(22-57)72-49)74-47-40(66)38(64)35(61)25(3)69-47/h12-13,25,28-45,47-49,56-58,60-67H,14-23H2,1-11H3/b24-12-/t25-,28-,29+,30+,31-,32+,33+,34-,35-,36-,37+,38+,39-,40+,41+,42-,43+,44-,45-,47-,48-,49-,52-,53+,54+,55-/m0/s1. The van der Waals surface area contributed by atoms with Gasteiger partial charge >= 0.3 is 11.9 Å². The zero-order chi connectivity index (χ0) is 56.2. The smallest absolute Gasteiger partial charge is 0.333 e. The van der Waals surface area contributed by atoms with E-state index in [-0.39, 0.29) is 29.1 Å². The van der Waals surface area contributed by atoms with Gasteiger partial charge in [-0.2, -0.15) is 0 Å². The van der Waals surface area contributed by atoms with Crippen LogP contribution in [0.1, 0.15) is 121 Å². The number of fused-ring (bicyclic) bond motifs is 7. The summed E-state index contributed by atoms with van der Waals surface area (Å²) in [5.41, 5.74) is -2.58. The second-order valence-corrected chi connectivity index (χ2v) is 25.6. The monoisotopic (exact) mass is 1080 g/mol. The molecule has 21 nitrogen and oxygen atoms in total. The maximum absolute atomic E-state index is 13.4. The van der Waals surface area contributed by atoms with Gasteiger partial charge in [0.05, 0.1) is 43.5 Å². The Bertz CT molecular complexity index is 2170. The lowest BCUT2D eigenvalue weighted by Crippen LogP contribution is -2.72. The van der Waals surface area contributed by atoms with Crippen LogP contribution in [0.5, 0.6) is 0 Å². The van der Waals surface area contributed by atoms with Gasteiger partial charge in [0.2, 0.25) is 0 Å². The first-order valence-electron chi connectivity index (χ1n) is 27.4. The maximum atomic E-state index is 13.4. The number of ether oxygens (including phenoxy) is 8. The number of hydrogen-bond donors (Lipinski definition) is 11. The van der Waals surface area contributed by atoms with Gasteiger partial charge in [0.25, 0.3) is 0 Å². The maximum Gasteiger partial charge on any atom is 0.333 e. The van der Waals surface area contributed by atoms with Crippen LogP contribution < -0.4 is 0 Å². The Morgan fingerprint density at radius 1 is 0.671 bits per heavy atom. The molecule has 0 amide bonds. The Balaban J connectivity index is 1.11. The summed E-state index contributed by atoms with van der Waals surface area (Å²) in [6, 6.07) is 0. The molecule has 8 aliphatic rings. The highest BCUT2D eigenvalue weighted by atomic mass is 16.8. The quantitative estimate of drug-likeness (QED) is 0.0553. The van der Waals surface area contributed by atoms with Crippen LogP contribution >= 0.6 is 0 Å². The number of allylic oxidation sites excluding steroid dienone is 3. The second-order valence-electron chi connectivity index (χ2n) is 25.6. The molecular formula is C55H88O21. The van der Waals surface area contributed by atoms with Crippen LogP contribution in [-0.2, 0) is 47.5 Å². The highest BCUT2D eigenvalue weighted by Gasteiger charge is 2.74. The molecule has 3 heterocycles. The predicted molar refractivity (Wildman–Crippen MR) is 266 cm³/mol. The van der Waals surface area contributed by atoms with Crippen molar-refractivity contribution in [2.24, 2.45) is 50.2 Å². The fourth-order valence-corrected chi connectivity index (χ4v) is 16.2. The largest absolute Gasteiger partial charge is 0.458 e. The third kappa shape index (κ3) is 9.47. The first kappa shape index (κ1) is 59.9. The molecule has 26 atom stereocenters. The van der Waals surface area contributed by atoms with Crippen LogP contribution in [0.2, 0.25) is 0 Å². The van der Waals surface area contributed by atoms with E-state index < -0.39 is 176 Å². The molecule has 0 unspecified atom stereocenters. The third-order valence-corrected chi connectivity index (χ3v) is 20.9. The molecule has 8 rings (SSSR count). The third-order valence-electron chi connectivity index (χ3n) is 20.9. The molecule has 0 aromatic heterocycles. The topological polar surface area (TPSA) is 331 Å². The van der Waals surface area contributed by atoms with Crippen molar-refractivity contribution in [2.75, 3.05) is 19.8 Å². The Labute approximate surface area is 445 Å². The Hall–Kier alpha value is -2.26. The summed E-state index contributed by atoms with van der Waals surface area (Å²) in [7, 11) is 0. The van der Waals surface area contributed by atoms with Crippen LogP contribution in [0.25, 0.3) is 0 Å². The van der Waals surface area contributed by atoms with E-state index in [2.05, 4.69) is 40.7 Å². The van der Waals surface area contributed by atoms with Crippen molar-refractivity contribution in [3.8, 4) is 0 Å². The number of aliphatic hydroxyl groups excluding tert-OH is 11. The lowest BCUT2D eigenvalue weighted by Gasteiger charge is -2.72. The lowest BCUT2D eigenvalue weighted by molar-refractivity contribution is -0.398. The van der Waals surface area contributed by atoms with Gasteiger partial charge in [0.15, 0.2) is 18.9 Å². The van der Waals surface area contributed by atoms with E-state index in [9.17, 15) is 65.8 Å². The number of esters is 2. The molecule has 434 valence electrons. The molecule has 0 bridgehead atoms. The van der Waals surface area contributed by atoms with Gasteiger partial charge in [-0.1, -0.05) is 66.2 Å². The fraction of sp³-hybridized carbons (Fsp3) is 0.891. The van der Waals surface area contributed by atoms with Crippen molar-refractivity contribution in [3.05, 3.63) is 23.3 Å². The van der Waals surface area contributed by atoms with E-state index in [0.29, 0.717) is 31.3 Å². The van der Waals surface area contributed by atoms with Gasteiger partial charge in [-0.3, -0.25) is 4.79 Å². The van der Waals surface area contributed by atoms with Crippen LogP contribution in [0.15, 0.2) is 23.3 Å². The van der Waals surface area contributed by atoms with Crippen molar-refractivity contribution in [1.82, 2.24) is 0 Å². The molecule has 0 aromatic rings. The molecule has 3 aliphatic heterocycles. The molecule has 4 saturated carbocycles. The molecule has 5 aliphatic carbocycles. The van der Waals surface area contributed by atoms with E-state index in [0.717, 1.165) is 18.4 Å². The van der Waals surface area contributed by atoms with E-state index in [4.69, 9.17) is 37.9 Å². The molecule has 0 spiro atoms. The van der Waals surface area contributed by atoms with Crippen LogP contribution in [0.3, 0.4) is 0 Å². The number of rotatable bonds is 12. The minimum Gasteiger partial charge on any atom is -0.458 e. The molecule has 76 heavy (non-hydrogen) atoms. The molecule has 11 N–H and O–H groups in total. The lowest BCUT2D eigenvalue weighted by atomic mass is 9.33. The molecule has 7 fully saturated rings. The number of carbonyl (C=O) groups is 2. The molecule has 0 aromatic carbocycles. The minimum atomic E-state index is -1.91. The van der Waals surface area contributed by atoms with Crippen molar-refractivity contribution in [2.45, 2.75) is 238 Å². The minimum absolute atomic E-state index is 0.0123. The highest BCUT2D eigenvalue weighted by Crippen LogP contribution is 2.76. The predicted octanol–water partition coefficient (Wildman–Crippen LogP) is 0.642. The Morgan fingerprint density at radius 3 is 1.87 bits per heavy atom. The van der Waals surface area contributed by atoms with Gasteiger partial charge < -0.3 is 94.1 Å². The Kier molecular flexibility index (Phi) is 17.0. The summed E-state index contributed by atoms with van der Waals surface area (Å²) in [6.07, 6.45) is -20.3. The highest BCUT2D eigenvalue weighted by molar-refractivity contribution is 5.87. The van der Waals surface area contributed by atoms with Gasteiger partial charge in [-0.05, 0) is 105 Å². The first-order valence-corrected chi connectivity index (χ1v) is 27.4. The van der Waals surface area contributed by atoms with E-state index in [1.54, 1.807) is 19.9 Å². The Morgan fingerprint density at radius 2 is 1.26 bits per heavy atom. The number of carbonyl (C=O) groups excluding carboxylic acids is 2. The normalized spacial score (nSPS) is 51.0. The second kappa shape index (κ2) is 21.6. The van der Waals surface area contributed by atoms with Gasteiger partial charge in [0.1, 0.15) is 79.4 Å². The fourth-order valence-electron chi connectivity index (χ4n) is 16.2.